The summed E-state index contributed by atoms with van der Waals surface area (Å²) in [6.45, 7) is 9.58. The van der Waals surface area contributed by atoms with Crippen molar-refractivity contribution in [2.75, 3.05) is 41.7 Å². The molecule has 2 aromatic heterocycles. The molecule has 0 aliphatic carbocycles. The van der Waals surface area contributed by atoms with E-state index >= 15 is 0 Å². The molecule has 0 radical (unpaired) electrons. The Balaban J connectivity index is 1.24. The van der Waals surface area contributed by atoms with E-state index in [1.807, 2.05) is 42.9 Å². The summed E-state index contributed by atoms with van der Waals surface area (Å²) in [5.41, 5.74) is 3.99. The van der Waals surface area contributed by atoms with Crippen molar-refractivity contribution in [3.63, 3.8) is 0 Å². The smallest absolute Gasteiger partial charge is 0.227 e. The van der Waals surface area contributed by atoms with E-state index in [-0.39, 0.29) is 24.2 Å². The van der Waals surface area contributed by atoms with Crippen molar-refractivity contribution in [3.05, 3.63) is 35.5 Å². The van der Waals surface area contributed by atoms with E-state index in [2.05, 4.69) is 22.2 Å². The zero-order valence-corrected chi connectivity index (χ0v) is 22.7. The van der Waals surface area contributed by atoms with Crippen LogP contribution in [-0.4, -0.2) is 63.5 Å². The molecule has 37 heavy (non-hydrogen) atoms. The largest absolute Gasteiger partial charge is 0.356 e. The Morgan fingerprint density at radius 3 is 2.73 bits per heavy atom. The molecule has 2 aliphatic rings. The van der Waals surface area contributed by atoms with E-state index in [1.54, 1.807) is 16.7 Å². The van der Waals surface area contributed by atoms with Crippen LogP contribution in [0.3, 0.4) is 0 Å². The molecule has 1 N–H and O–H groups in total. The Bertz CT molecular complexity index is 1300. The van der Waals surface area contributed by atoms with Gasteiger partial charge >= 0.3 is 0 Å². The van der Waals surface area contributed by atoms with Gasteiger partial charge in [0.1, 0.15) is 5.82 Å². The lowest BCUT2D eigenvalue weighted by Gasteiger charge is -2.18. The molecular formula is C27H35N7O2S. The molecule has 1 unspecified atom stereocenters. The summed E-state index contributed by atoms with van der Waals surface area (Å²) in [7, 11) is 0. The first-order chi connectivity index (χ1) is 17.9. The number of nitrogens with zero attached hydrogens (tertiary/aromatic N) is 6. The Hall–Kier alpha value is -3.14. The van der Waals surface area contributed by atoms with Gasteiger partial charge in [-0.25, -0.2) is 14.6 Å². The quantitative estimate of drug-likeness (QED) is 0.339. The first-order valence-electron chi connectivity index (χ1n) is 13.2. The molecule has 0 bridgehead atoms. The van der Waals surface area contributed by atoms with E-state index in [9.17, 15) is 9.59 Å². The van der Waals surface area contributed by atoms with Gasteiger partial charge in [-0.2, -0.15) is 5.10 Å². The number of thioether (sulfide) groups is 1. The van der Waals surface area contributed by atoms with Crippen LogP contribution in [0.25, 0.3) is 11.0 Å². The van der Waals surface area contributed by atoms with Crippen LogP contribution >= 0.6 is 11.8 Å². The SMILES string of the molecule is CCCSc1nc(N2CCCC2)c2cnn(CCNC(=O)C3CC(=O)N(c4ccc(C)c(C)c4)C3)c2n1. The van der Waals surface area contributed by atoms with Crippen LogP contribution in [0.1, 0.15) is 43.7 Å². The number of aromatic nitrogens is 4. The molecule has 1 aromatic carbocycles. The number of nitrogens with one attached hydrogen (secondary N) is 1. The molecule has 0 spiro atoms. The molecule has 3 aromatic rings. The lowest BCUT2D eigenvalue weighted by atomic mass is 10.1. The number of hydrogen-bond donors (Lipinski definition) is 1. The second-order valence-electron chi connectivity index (χ2n) is 9.94. The zero-order valence-electron chi connectivity index (χ0n) is 21.9. The summed E-state index contributed by atoms with van der Waals surface area (Å²) in [5, 5.41) is 9.34. The Morgan fingerprint density at radius 2 is 1.97 bits per heavy atom. The fourth-order valence-corrected chi connectivity index (χ4v) is 5.66. The first-order valence-corrected chi connectivity index (χ1v) is 14.2. The number of aryl methyl sites for hydroxylation is 2. The minimum Gasteiger partial charge on any atom is -0.356 e. The van der Waals surface area contributed by atoms with Gasteiger partial charge in [-0.3, -0.25) is 9.59 Å². The van der Waals surface area contributed by atoms with Crippen LogP contribution in [0.4, 0.5) is 11.5 Å². The van der Waals surface area contributed by atoms with E-state index < -0.39 is 0 Å². The standard InChI is InChI=1S/C27H35N7O2S/c1-4-13-37-27-30-24(32-10-5-6-11-32)22-16-29-34(25(22)31-27)12-9-28-26(36)20-15-23(35)33(17-20)21-8-7-18(2)19(3)14-21/h7-8,14,16,20H,4-6,9-13,15,17H2,1-3H3,(H,28,36). The minimum absolute atomic E-state index is 0.00951. The third-order valence-corrected chi connectivity index (χ3v) is 8.27. The van der Waals surface area contributed by atoms with Crippen molar-refractivity contribution < 1.29 is 9.59 Å². The lowest BCUT2D eigenvalue weighted by molar-refractivity contribution is -0.126. The van der Waals surface area contributed by atoms with Gasteiger partial charge in [0.05, 0.1) is 24.0 Å². The number of benzene rings is 1. The number of hydrogen-bond acceptors (Lipinski definition) is 7. The van der Waals surface area contributed by atoms with Gasteiger partial charge in [0.25, 0.3) is 0 Å². The summed E-state index contributed by atoms with van der Waals surface area (Å²) < 4.78 is 1.86. The molecule has 2 saturated heterocycles. The number of anilines is 2. The van der Waals surface area contributed by atoms with Gasteiger partial charge in [-0.1, -0.05) is 24.8 Å². The van der Waals surface area contributed by atoms with Crippen LogP contribution in [0, 0.1) is 19.8 Å². The highest BCUT2D eigenvalue weighted by Gasteiger charge is 2.35. The second kappa shape index (κ2) is 11.1. The summed E-state index contributed by atoms with van der Waals surface area (Å²) >= 11 is 1.67. The van der Waals surface area contributed by atoms with Gasteiger partial charge in [0, 0.05) is 44.0 Å². The van der Waals surface area contributed by atoms with Crippen molar-refractivity contribution in [2.24, 2.45) is 5.92 Å². The van der Waals surface area contributed by atoms with E-state index in [4.69, 9.17) is 9.97 Å². The molecular weight excluding hydrogens is 486 g/mol. The van der Waals surface area contributed by atoms with Gasteiger partial charge in [0.15, 0.2) is 10.8 Å². The van der Waals surface area contributed by atoms with Crippen molar-refractivity contribution in [2.45, 2.75) is 58.2 Å². The highest BCUT2D eigenvalue weighted by atomic mass is 32.2. The van der Waals surface area contributed by atoms with Crippen molar-refractivity contribution >= 4 is 46.1 Å². The fraction of sp³-hybridized carbons (Fsp3) is 0.519. The maximum Gasteiger partial charge on any atom is 0.227 e. The van der Waals surface area contributed by atoms with Crippen LogP contribution in [0.5, 0.6) is 0 Å². The summed E-state index contributed by atoms with van der Waals surface area (Å²) in [4.78, 5) is 39.3. The number of carbonyl (C=O) groups excluding carboxylic acids is 2. The summed E-state index contributed by atoms with van der Waals surface area (Å²) in [5.74, 6) is 1.47. The fourth-order valence-electron chi connectivity index (χ4n) is 4.97. The molecule has 10 heteroatoms. The predicted octanol–water partition coefficient (Wildman–Crippen LogP) is 3.71. The predicted molar refractivity (Wildman–Crippen MR) is 147 cm³/mol. The normalized spacial score (nSPS) is 17.8. The summed E-state index contributed by atoms with van der Waals surface area (Å²) in [6, 6.07) is 5.99. The third-order valence-electron chi connectivity index (χ3n) is 7.22. The Labute approximate surface area is 222 Å². The number of amides is 2. The van der Waals surface area contributed by atoms with Gasteiger partial charge in [0.2, 0.25) is 11.8 Å². The molecule has 9 nitrogen and oxygen atoms in total. The molecule has 0 saturated carbocycles. The molecule has 1 atom stereocenters. The zero-order chi connectivity index (χ0) is 25.9. The average molecular weight is 522 g/mol. The molecule has 2 fully saturated rings. The van der Waals surface area contributed by atoms with Crippen molar-refractivity contribution in [1.82, 2.24) is 25.1 Å². The Kier molecular flexibility index (Phi) is 7.64. The highest BCUT2D eigenvalue weighted by molar-refractivity contribution is 7.99. The topological polar surface area (TPSA) is 96.2 Å². The molecule has 2 amide bonds. The Morgan fingerprint density at radius 1 is 1.16 bits per heavy atom. The third kappa shape index (κ3) is 5.44. The van der Waals surface area contributed by atoms with E-state index in [0.29, 0.717) is 19.6 Å². The first kappa shape index (κ1) is 25.5. The lowest BCUT2D eigenvalue weighted by Crippen LogP contribution is -2.35. The molecule has 4 heterocycles. The average Bonchev–Trinajstić information content (AvgIpc) is 3.65. The van der Waals surface area contributed by atoms with Crippen molar-refractivity contribution in [3.8, 4) is 0 Å². The number of fused-ring (bicyclic) bond motifs is 1. The number of rotatable bonds is 9. The molecule has 5 rings (SSSR count). The van der Waals surface area contributed by atoms with Gasteiger partial charge in [-0.15, -0.1) is 0 Å². The minimum atomic E-state index is -0.357. The highest BCUT2D eigenvalue weighted by Crippen LogP contribution is 2.30. The van der Waals surface area contributed by atoms with Crippen LogP contribution in [-0.2, 0) is 16.1 Å². The van der Waals surface area contributed by atoms with Crippen LogP contribution in [0.15, 0.2) is 29.6 Å². The number of carbonyl (C=O) groups is 2. The van der Waals surface area contributed by atoms with Gasteiger partial charge < -0.3 is 15.1 Å². The molecule has 196 valence electrons. The second-order valence-corrected chi connectivity index (χ2v) is 11.0. The van der Waals surface area contributed by atoms with Crippen LogP contribution < -0.4 is 15.1 Å². The molecule has 2 aliphatic heterocycles. The maximum absolute atomic E-state index is 12.9. The van der Waals surface area contributed by atoms with Crippen molar-refractivity contribution in [1.29, 1.82) is 0 Å². The monoisotopic (exact) mass is 521 g/mol. The summed E-state index contributed by atoms with van der Waals surface area (Å²) in [6.07, 6.45) is 5.48. The van der Waals surface area contributed by atoms with Crippen LogP contribution in [0.2, 0.25) is 0 Å². The maximum atomic E-state index is 12.9. The van der Waals surface area contributed by atoms with E-state index in [0.717, 1.165) is 58.5 Å². The van der Waals surface area contributed by atoms with E-state index in [1.165, 1.54) is 18.4 Å². The van der Waals surface area contributed by atoms with Gasteiger partial charge in [-0.05, 0) is 56.4 Å².